The molecule has 0 fully saturated rings. The number of carbonyl (C=O) groups is 1. The average Bonchev–Trinajstić information content (AvgIpc) is 2.76. The molecule has 0 spiro atoms. The lowest BCUT2D eigenvalue weighted by Gasteiger charge is -2.06. The molecule has 0 atom stereocenters. The third kappa shape index (κ3) is 19.3. The third-order valence-electron chi connectivity index (χ3n) is 5.12. The minimum absolute atomic E-state index is 0.303. The highest BCUT2D eigenvalue weighted by Crippen LogP contribution is 2.14. The lowest BCUT2D eigenvalue weighted by molar-refractivity contribution is -0.137. The number of allylic oxidation sites excluding steroid dienone is 1. The monoisotopic (exact) mass is 544 g/mol. The van der Waals surface area contributed by atoms with E-state index in [0.29, 0.717) is 6.42 Å². The summed E-state index contributed by atoms with van der Waals surface area (Å²) in [6.45, 7) is 2.51. The van der Waals surface area contributed by atoms with Crippen LogP contribution in [0, 0.1) is 3.57 Å². The van der Waals surface area contributed by atoms with Crippen LogP contribution in [-0.4, -0.2) is 30.9 Å². The molecule has 0 aromatic heterocycles. The molecular formula is C26H41IO4. The van der Waals surface area contributed by atoms with Gasteiger partial charge in [0, 0.05) is 16.6 Å². The van der Waals surface area contributed by atoms with Gasteiger partial charge < -0.3 is 14.6 Å². The maximum Gasteiger partial charge on any atom is 0.303 e. The molecule has 0 amide bonds. The SMILES string of the molecule is O=C(O)CCCCCC/C=C\CCOCCCCCCCCCOc1ccc(I)cc1. The van der Waals surface area contributed by atoms with Crippen LogP contribution in [0.2, 0.25) is 0 Å². The van der Waals surface area contributed by atoms with Gasteiger partial charge in [-0.25, -0.2) is 0 Å². The second kappa shape index (κ2) is 20.8. The van der Waals surface area contributed by atoms with E-state index in [1.54, 1.807) is 0 Å². The first-order valence-electron chi connectivity index (χ1n) is 12.0. The second-order valence-electron chi connectivity index (χ2n) is 8.00. The van der Waals surface area contributed by atoms with Gasteiger partial charge in [0.25, 0.3) is 0 Å². The van der Waals surface area contributed by atoms with E-state index < -0.39 is 5.97 Å². The van der Waals surface area contributed by atoms with Crippen LogP contribution in [0.4, 0.5) is 0 Å². The molecule has 1 aromatic carbocycles. The minimum Gasteiger partial charge on any atom is -0.494 e. The van der Waals surface area contributed by atoms with Gasteiger partial charge in [-0.1, -0.05) is 57.1 Å². The molecule has 5 heteroatoms. The first-order chi connectivity index (χ1) is 15.2. The van der Waals surface area contributed by atoms with Gasteiger partial charge in [-0.2, -0.15) is 0 Å². The normalized spacial score (nSPS) is 11.3. The fourth-order valence-corrected chi connectivity index (χ4v) is 3.65. The van der Waals surface area contributed by atoms with Gasteiger partial charge in [0.2, 0.25) is 0 Å². The van der Waals surface area contributed by atoms with Crippen LogP contribution in [0.15, 0.2) is 36.4 Å². The Balaban J connectivity index is 1.73. The number of aliphatic carboxylic acids is 1. The average molecular weight is 545 g/mol. The number of halogens is 1. The molecule has 4 nitrogen and oxygen atoms in total. The van der Waals surface area contributed by atoms with Crippen molar-refractivity contribution in [1.29, 1.82) is 0 Å². The Morgan fingerprint density at radius 3 is 2.03 bits per heavy atom. The van der Waals surface area contributed by atoms with Crippen molar-refractivity contribution in [2.45, 2.75) is 89.9 Å². The van der Waals surface area contributed by atoms with E-state index in [-0.39, 0.29) is 0 Å². The van der Waals surface area contributed by atoms with Crippen LogP contribution >= 0.6 is 22.6 Å². The molecule has 0 radical (unpaired) electrons. The molecular weight excluding hydrogens is 503 g/mol. The number of carboxylic acids is 1. The van der Waals surface area contributed by atoms with E-state index in [1.807, 2.05) is 12.1 Å². The lowest BCUT2D eigenvalue weighted by Crippen LogP contribution is -1.97. The van der Waals surface area contributed by atoms with E-state index in [4.69, 9.17) is 14.6 Å². The number of benzene rings is 1. The molecule has 1 N–H and O–H groups in total. The molecule has 0 aliphatic rings. The van der Waals surface area contributed by atoms with Crippen LogP contribution < -0.4 is 4.74 Å². The van der Waals surface area contributed by atoms with Gasteiger partial charge >= 0.3 is 5.97 Å². The summed E-state index contributed by atoms with van der Waals surface area (Å²) in [5.74, 6) is 0.288. The maximum atomic E-state index is 10.4. The van der Waals surface area contributed by atoms with Crippen molar-refractivity contribution >= 4 is 28.6 Å². The molecule has 0 aliphatic carbocycles. The zero-order chi connectivity index (χ0) is 22.4. The molecule has 0 saturated carbocycles. The minimum atomic E-state index is -0.685. The predicted octanol–water partition coefficient (Wildman–Crippen LogP) is 7.79. The summed E-state index contributed by atoms with van der Waals surface area (Å²) in [6, 6.07) is 8.23. The van der Waals surface area contributed by atoms with Crippen LogP contribution in [0.5, 0.6) is 5.75 Å². The topological polar surface area (TPSA) is 55.8 Å². The van der Waals surface area contributed by atoms with Crippen molar-refractivity contribution in [3.63, 3.8) is 0 Å². The van der Waals surface area contributed by atoms with Crippen LogP contribution in [-0.2, 0) is 9.53 Å². The Hall–Kier alpha value is -1.08. The summed E-state index contributed by atoms with van der Waals surface area (Å²) in [7, 11) is 0. The first kappa shape index (κ1) is 28.0. The van der Waals surface area contributed by atoms with E-state index >= 15 is 0 Å². The van der Waals surface area contributed by atoms with Gasteiger partial charge in [-0.3, -0.25) is 4.79 Å². The summed E-state index contributed by atoms with van der Waals surface area (Å²) < 4.78 is 12.7. The summed E-state index contributed by atoms with van der Waals surface area (Å²) in [6.07, 6.45) is 19.6. The summed E-state index contributed by atoms with van der Waals surface area (Å²) in [5, 5.41) is 8.57. The van der Waals surface area contributed by atoms with Crippen molar-refractivity contribution in [3.8, 4) is 5.75 Å². The summed E-state index contributed by atoms with van der Waals surface area (Å²) in [5.41, 5.74) is 0. The second-order valence-corrected chi connectivity index (χ2v) is 9.24. The standard InChI is InChI=1S/C26H41IO4/c27-24-17-19-25(20-18-24)31-23-15-11-7-3-6-10-14-22-30-21-13-9-5-2-1-4-8-12-16-26(28)29/h5,9,17-20H,1-4,6-8,10-16,21-23H2,(H,28,29)/b9-5-. The number of carboxylic acid groups (broad SMARTS) is 1. The molecule has 1 rings (SSSR count). The number of ether oxygens (including phenoxy) is 2. The van der Waals surface area contributed by atoms with E-state index in [9.17, 15) is 4.79 Å². The Morgan fingerprint density at radius 1 is 0.742 bits per heavy atom. The van der Waals surface area contributed by atoms with Gasteiger partial charge in [0.15, 0.2) is 0 Å². The fourth-order valence-electron chi connectivity index (χ4n) is 3.29. The number of rotatable bonds is 21. The van der Waals surface area contributed by atoms with Gasteiger partial charge in [0.1, 0.15) is 5.75 Å². The number of hydrogen-bond acceptors (Lipinski definition) is 3. The van der Waals surface area contributed by atoms with Crippen LogP contribution in [0.25, 0.3) is 0 Å². The molecule has 0 unspecified atom stereocenters. The van der Waals surface area contributed by atoms with Crippen molar-refractivity contribution < 1.29 is 19.4 Å². The molecule has 31 heavy (non-hydrogen) atoms. The lowest BCUT2D eigenvalue weighted by atomic mass is 10.1. The molecule has 0 saturated heterocycles. The fraction of sp³-hybridized carbons (Fsp3) is 0.654. The van der Waals surface area contributed by atoms with Gasteiger partial charge in [0.05, 0.1) is 13.2 Å². The molecule has 0 aliphatic heterocycles. The first-order valence-corrected chi connectivity index (χ1v) is 13.1. The van der Waals surface area contributed by atoms with Crippen molar-refractivity contribution in [2.24, 2.45) is 0 Å². The Kier molecular flexibility index (Phi) is 18.8. The van der Waals surface area contributed by atoms with Gasteiger partial charge in [-0.05, 0) is 85.4 Å². The zero-order valence-electron chi connectivity index (χ0n) is 19.0. The molecule has 1 aromatic rings. The Bertz CT molecular complexity index is 571. The van der Waals surface area contributed by atoms with Crippen molar-refractivity contribution in [1.82, 2.24) is 0 Å². The predicted molar refractivity (Wildman–Crippen MR) is 137 cm³/mol. The largest absolute Gasteiger partial charge is 0.494 e. The Labute approximate surface area is 202 Å². The highest BCUT2D eigenvalue weighted by Gasteiger charge is 1.97. The van der Waals surface area contributed by atoms with Crippen LogP contribution in [0.1, 0.15) is 89.9 Å². The zero-order valence-corrected chi connectivity index (χ0v) is 21.2. The smallest absolute Gasteiger partial charge is 0.303 e. The molecule has 0 heterocycles. The van der Waals surface area contributed by atoms with Gasteiger partial charge in [-0.15, -0.1) is 0 Å². The maximum absolute atomic E-state index is 10.4. The quantitative estimate of drug-likeness (QED) is 0.0975. The molecule has 176 valence electrons. The Morgan fingerprint density at radius 2 is 1.32 bits per heavy atom. The van der Waals surface area contributed by atoms with E-state index in [1.165, 1.54) is 35.7 Å². The van der Waals surface area contributed by atoms with E-state index in [2.05, 4.69) is 46.9 Å². The van der Waals surface area contributed by atoms with Crippen molar-refractivity contribution in [3.05, 3.63) is 40.0 Å². The van der Waals surface area contributed by atoms with E-state index in [0.717, 1.165) is 76.9 Å². The highest BCUT2D eigenvalue weighted by molar-refractivity contribution is 14.1. The third-order valence-corrected chi connectivity index (χ3v) is 5.84. The number of unbranched alkanes of at least 4 members (excludes halogenated alkanes) is 10. The summed E-state index contributed by atoms with van der Waals surface area (Å²) in [4.78, 5) is 10.4. The van der Waals surface area contributed by atoms with Crippen molar-refractivity contribution in [2.75, 3.05) is 19.8 Å². The number of hydrogen-bond donors (Lipinski definition) is 1. The highest BCUT2D eigenvalue weighted by atomic mass is 127. The van der Waals surface area contributed by atoms with Crippen LogP contribution in [0.3, 0.4) is 0 Å². The molecule has 0 bridgehead atoms. The summed E-state index contributed by atoms with van der Waals surface area (Å²) >= 11 is 2.31.